The molecule has 1 aromatic rings. The average molecular weight is 263 g/mol. The molecule has 0 spiro atoms. The van der Waals surface area contributed by atoms with Gasteiger partial charge >= 0.3 is 0 Å². The van der Waals surface area contributed by atoms with Gasteiger partial charge in [-0.05, 0) is 26.2 Å². The Balaban J connectivity index is 1.88. The molecule has 19 heavy (non-hydrogen) atoms. The van der Waals surface area contributed by atoms with Crippen molar-refractivity contribution in [3.05, 3.63) is 23.4 Å². The van der Waals surface area contributed by atoms with Crippen LogP contribution in [0.25, 0.3) is 0 Å². The maximum absolute atomic E-state index is 11.9. The lowest BCUT2D eigenvalue weighted by Gasteiger charge is -2.10. The van der Waals surface area contributed by atoms with Gasteiger partial charge in [0.05, 0.1) is 0 Å². The van der Waals surface area contributed by atoms with Gasteiger partial charge in [-0.2, -0.15) is 0 Å². The third kappa shape index (κ3) is 3.66. The third-order valence-corrected chi connectivity index (χ3v) is 3.22. The highest BCUT2D eigenvalue weighted by molar-refractivity contribution is 5.78. The summed E-state index contributed by atoms with van der Waals surface area (Å²) >= 11 is 0. The van der Waals surface area contributed by atoms with E-state index in [4.69, 9.17) is 4.42 Å². The summed E-state index contributed by atoms with van der Waals surface area (Å²) in [5.41, 5.74) is 1.23. The van der Waals surface area contributed by atoms with Crippen LogP contribution in [0.3, 0.4) is 0 Å². The van der Waals surface area contributed by atoms with Crippen molar-refractivity contribution in [3.8, 4) is 0 Å². The molecule has 0 bridgehead atoms. The molecule has 104 valence electrons. The van der Waals surface area contributed by atoms with E-state index >= 15 is 0 Å². The molecule has 5 heteroatoms. The summed E-state index contributed by atoms with van der Waals surface area (Å²) in [4.78, 5) is 11.9. The van der Waals surface area contributed by atoms with Gasteiger partial charge in [0.2, 0.25) is 17.7 Å². The van der Waals surface area contributed by atoms with Gasteiger partial charge in [0, 0.05) is 12.3 Å². The van der Waals surface area contributed by atoms with Crippen molar-refractivity contribution >= 4 is 5.91 Å². The lowest BCUT2D eigenvalue weighted by molar-refractivity contribution is -0.121. The van der Waals surface area contributed by atoms with E-state index in [1.54, 1.807) is 0 Å². The fraction of sp³-hybridized carbons (Fsp3) is 0.643. The molecular weight excluding hydrogens is 242 g/mol. The molecule has 1 amide bonds. The number of hydrogen-bond donors (Lipinski definition) is 1. The van der Waals surface area contributed by atoms with Crippen LogP contribution >= 0.6 is 0 Å². The quantitative estimate of drug-likeness (QED) is 0.829. The van der Waals surface area contributed by atoms with E-state index in [1.807, 2.05) is 20.8 Å². The molecule has 0 saturated carbocycles. The number of nitrogens with zero attached hydrogens (tertiary/aromatic N) is 2. The van der Waals surface area contributed by atoms with E-state index in [9.17, 15) is 4.79 Å². The van der Waals surface area contributed by atoms with Crippen LogP contribution in [0.5, 0.6) is 0 Å². The van der Waals surface area contributed by atoms with Gasteiger partial charge < -0.3 is 9.73 Å². The molecule has 0 unspecified atom stereocenters. The summed E-state index contributed by atoms with van der Waals surface area (Å²) in [6.07, 6.45) is 5.95. The Hall–Kier alpha value is -1.65. The summed E-state index contributed by atoms with van der Waals surface area (Å²) in [6, 6.07) is -0.241. The van der Waals surface area contributed by atoms with Gasteiger partial charge in [-0.3, -0.25) is 4.79 Å². The predicted octanol–water partition coefficient (Wildman–Crippen LogP) is 2.87. The zero-order valence-electron chi connectivity index (χ0n) is 11.8. The highest BCUT2D eigenvalue weighted by Gasteiger charge is 2.18. The second-order valence-electron chi connectivity index (χ2n) is 5.35. The molecule has 2 rings (SSSR count). The molecule has 1 aliphatic carbocycles. The van der Waals surface area contributed by atoms with Gasteiger partial charge in [-0.15, -0.1) is 10.2 Å². The Labute approximate surface area is 113 Å². The third-order valence-electron chi connectivity index (χ3n) is 3.22. The number of amides is 1. The number of nitrogens with one attached hydrogen (secondary N) is 1. The normalized spacial score (nSPS) is 16.5. The SMILES string of the molecule is CC(C)c1nnc([C@H](C)NC(=O)CC2=CCCC2)o1. The topological polar surface area (TPSA) is 68.0 Å². The lowest BCUT2D eigenvalue weighted by Crippen LogP contribution is -2.26. The highest BCUT2D eigenvalue weighted by atomic mass is 16.4. The molecule has 1 aliphatic rings. The molecule has 1 atom stereocenters. The first kappa shape index (κ1) is 13.8. The Morgan fingerprint density at radius 2 is 2.11 bits per heavy atom. The number of carbonyl (C=O) groups is 1. The van der Waals surface area contributed by atoms with E-state index in [-0.39, 0.29) is 17.9 Å². The van der Waals surface area contributed by atoms with Crippen LogP contribution in [0, 0.1) is 0 Å². The minimum Gasteiger partial charge on any atom is -0.423 e. The van der Waals surface area contributed by atoms with Gasteiger partial charge in [0.25, 0.3) is 0 Å². The van der Waals surface area contributed by atoms with Crippen LogP contribution in [0.1, 0.15) is 70.2 Å². The molecule has 0 saturated heterocycles. The molecular formula is C14H21N3O2. The summed E-state index contributed by atoms with van der Waals surface area (Å²) in [6.45, 7) is 5.85. The summed E-state index contributed by atoms with van der Waals surface area (Å²) in [7, 11) is 0. The van der Waals surface area contributed by atoms with E-state index < -0.39 is 0 Å². The Bertz CT molecular complexity index is 477. The lowest BCUT2D eigenvalue weighted by atomic mass is 10.1. The van der Waals surface area contributed by atoms with Crippen molar-refractivity contribution in [1.29, 1.82) is 0 Å². The van der Waals surface area contributed by atoms with Crippen molar-refractivity contribution < 1.29 is 9.21 Å². The van der Waals surface area contributed by atoms with Crippen molar-refractivity contribution in [2.75, 3.05) is 0 Å². The van der Waals surface area contributed by atoms with E-state index in [0.717, 1.165) is 12.8 Å². The van der Waals surface area contributed by atoms with Crippen molar-refractivity contribution in [3.63, 3.8) is 0 Å². The van der Waals surface area contributed by atoms with Crippen LogP contribution in [0.15, 0.2) is 16.1 Å². The first-order valence-electron chi connectivity index (χ1n) is 6.87. The minimum absolute atomic E-state index is 0.0185. The number of hydrogen-bond acceptors (Lipinski definition) is 4. The van der Waals surface area contributed by atoms with Gasteiger partial charge in [-0.1, -0.05) is 25.5 Å². The molecule has 0 fully saturated rings. The predicted molar refractivity (Wildman–Crippen MR) is 71.5 cm³/mol. The van der Waals surface area contributed by atoms with Crippen LogP contribution in [0.4, 0.5) is 0 Å². The van der Waals surface area contributed by atoms with Crippen molar-refractivity contribution in [2.45, 2.75) is 58.4 Å². The van der Waals surface area contributed by atoms with Crippen LogP contribution < -0.4 is 5.32 Å². The number of carbonyl (C=O) groups excluding carboxylic acids is 1. The van der Waals surface area contributed by atoms with Crippen LogP contribution in [-0.4, -0.2) is 16.1 Å². The van der Waals surface area contributed by atoms with E-state index in [0.29, 0.717) is 18.2 Å². The number of rotatable bonds is 5. The maximum Gasteiger partial charge on any atom is 0.238 e. The van der Waals surface area contributed by atoms with E-state index in [2.05, 4.69) is 21.6 Å². The van der Waals surface area contributed by atoms with Gasteiger partial charge in [-0.25, -0.2) is 0 Å². The Kier molecular flexibility index (Phi) is 4.35. The molecule has 0 radical (unpaired) electrons. The average Bonchev–Trinajstić information content (AvgIpc) is 2.98. The molecule has 1 aromatic heterocycles. The highest BCUT2D eigenvalue weighted by Crippen LogP contribution is 2.21. The second kappa shape index (κ2) is 5.99. The molecule has 5 nitrogen and oxygen atoms in total. The summed E-state index contributed by atoms with van der Waals surface area (Å²) < 4.78 is 5.53. The number of aromatic nitrogens is 2. The Morgan fingerprint density at radius 1 is 1.37 bits per heavy atom. The summed E-state index contributed by atoms with van der Waals surface area (Å²) in [5, 5.41) is 10.8. The Morgan fingerprint density at radius 3 is 2.68 bits per heavy atom. The van der Waals surface area contributed by atoms with E-state index in [1.165, 1.54) is 12.0 Å². The fourth-order valence-electron chi connectivity index (χ4n) is 2.11. The smallest absolute Gasteiger partial charge is 0.238 e. The first-order valence-corrected chi connectivity index (χ1v) is 6.87. The molecule has 0 aliphatic heterocycles. The zero-order valence-corrected chi connectivity index (χ0v) is 11.8. The van der Waals surface area contributed by atoms with Gasteiger partial charge in [0.1, 0.15) is 6.04 Å². The maximum atomic E-state index is 11.9. The zero-order chi connectivity index (χ0) is 13.8. The largest absolute Gasteiger partial charge is 0.423 e. The first-order chi connectivity index (χ1) is 9.06. The van der Waals surface area contributed by atoms with Gasteiger partial charge in [0.15, 0.2) is 0 Å². The molecule has 1 heterocycles. The van der Waals surface area contributed by atoms with Crippen LogP contribution in [0.2, 0.25) is 0 Å². The van der Waals surface area contributed by atoms with Crippen molar-refractivity contribution in [1.82, 2.24) is 15.5 Å². The second-order valence-corrected chi connectivity index (χ2v) is 5.35. The van der Waals surface area contributed by atoms with Crippen LogP contribution in [-0.2, 0) is 4.79 Å². The fourth-order valence-corrected chi connectivity index (χ4v) is 2.11. The molecule has 1 N–H and O–H groups in total. The molecule has 0 aromatic carbocycles. The minimum atomic E-state index is -0.241. The monoisotopic (exact) mass is 263 g/mol. The van der Waals surface area contributed by atoms with Crippen molar-refractivity contribution in [2.24, 2.45) is 0 Å². The summed E-state index contributed by atoms with van der Waals surface area (Å²) in [5.74, 6) is 1.30. The standard InChI is InChI=1S/C14H21N3O2/c1-9(2)13-16-17-14(19-13)10(3)15-12(18)8-11-6-4-5-7-11/h6,9-10H,4-5,7-8H2,1-3H3,(H,15,18)/t10-/m0/s1. The number of allylic oxidation sites excluding steroid dienone is 1.